The van der Waals surface area contributed by atoms with Crippen LogP contribution in [-0.2, 0) is 9.59 Å². The van der Waals surface area contributed by atoms with Crippen LogP contribution < -0.4 is 0 Å². The maximum Gasteiger partial charge on any atom is 0.241 e. The molecular formula is C15H20N2O2S. The summed E-state index contributed by atoms with van der Waals surface area (Å²) in [5, 5.41) is -0.170. The van der Waals surface area contributed by atoms with Gasteiger partial charge in [-0.25, -0.2) is 0 Å². The fraction of sp³-hybridized carbons (Fsp3) is 0.467. The van der Waals surface area contributed by atoms with Crippen LogP contribution in [0.4, 0.5) is 0 Å². The Kier molecular flexibility index (Phi) is 4.38. The summed E-state index contributed by atoms with van der Waals surface area (Å²) in [6.07, 6.45) is 0. The molecule has 1 aromatic carbocycles. The van der Waals surface area contributed by atoms with Crippen molar-refractivity contribution in [1.29, 1.82) is 0 Å². The minimum absolute atomic E-state index is 0.0386. The maximum atomic E-state index is 12.3. The summed E-state index contributed by atoms with van der Waals surface area (Å²) < 4.78 is 0. The highest BCUT2D eigenvalue weighted by Gasteiger charge is 2.39. The molecule has 1 saturated heterocycles. The van der Waals surface area contributed by atoms with Gasteiger partial charge < -0.3 is 9.80 Å². The molecule has 5 heteroatoms. The van der Waals surface area contributed by atoms with Crippen molar-refractivity contribution in [2.45, 2.75) is 24.5 Å². The van der Waals surface area contributed by atoms with Crippen LogP contribution in [0.3, 0.4) is 0 Å². The highest BCUT2D eigenvalue weighted by molar-refractivity contribution is 8.01. The zero-order valence-corrected chi connectivity index (χ0v) is 13.1. The molecular weight excluding hydrogens is 272 g/mol. The molecule has 1 heterocycles. The normalized spacial score (nSPS) is 22.2. The first-order valence-corrected chi connectivity index (χ1v) is 7.57. The summed E-state index contributed by atoms with van der Waals surface area (Å²) >= 11 is 1.60. The van der Waals surface area contributed by atoms with Crippen LogP contribution in [0, 0.1) is 6.92 Å². The Hall–Kier alpha value is -1.49. The van der Waals surface area contributed by atoms with Gasteiger partial charge in [0.25, 0.3) is 0 Å². The lowest BCUT2D eigenvalue weighted by atomic mass is 10.1. The molecule has 0 radical (unpaired) electrons. The van der Waals surface area contributed by atoms with Crippen LogP contribution in [0.2, 0.25) is 0 Å². The van der Waals surface area contributed by atoms with Crippen LogP contribution in [0.1, 0.15) is 23.4 Å². The highest BCUT2D eigenvalue weighted by atomic mass is 32.2. The van der Waals surface area contributed by atoms with Crippen LogP contribution in [0.5, 0.6) is 0 Å². The predicted octanol–water partition coefficient (Wildman–Crippen LogP) is 2.05. The van der Waals surface area contributed by atoms with Crippen molar-refractivity contribution < 1.29 is 9.59 Å². The van der Waals surface area contributed by atoms with Crippen molar-refractivity contribution in [2.75, 3.05) is 20.6 Å². The Bertz CT molecular complexity index is 530. The van der Waals surface area contributed by atoms with Crippen molar-refractivity contribution in [3.63, 3.8) is 0 Å². The topological polar surface area (TPSA) is 40.6 Å². The van der Waals surface area contributed by atoms with Gasteiger partial charge in [-0.2, -0.15) is 0 Å². The van der Waals surface area contributed by atoms with E-state index in [9.17, 15) is 9.59 Å². The number of thioether (sulfide) groups is 1. The number of hydrogen-bond acceptors (Lipinski definition) is 3. The predicted molar refractivity (Wildman–Crippen MR) is 81.4 cm³/mol. The smallest absolute Gasteiger partial charge is 0.241 e. The van der Waals surface area contributed by atoms with Gasteiger partial charge in [0.2, 0.25) is 11.8 Å². The zero-order chi connectivity index (χ0) is 14.9. The number of likely N-dealkylation sites (N-methyl/N-ethyl adjacent to an activating group) is 1. The van der Waals surface area contributed by atoms with Crippen LogP contribution >= 0.6 is 11.8 Å². The minimum Gasteiger partial charge on any atom is -0.347 e. The van der Waals surface area contributed by atoms with Gasteiger partial charge in [-0.3, -0.25) is 9.59 Å². The van der Waals surface area contributed by atoms with E-state index in [1.807, 2.05) is 32.0 Å². The summed E-state index contributed by atoms with van der Waals surface area (Å²) in [7, 11) is 3.42. The molecule has 0 N–H and O–H groups in total. The second-order valence-electron chi connectivity index (χ2n) is 5.30. The monoisotopic (exact) mass is 292 g/mol. The molecule has 1 aliphatic heterocycles. The number of aryl methyl sites for hydroxylation is 1. The molecule has 20 heavy (non-hydrogen) atoms. The summed E-state index contributed by atoms with van der Waals surface area (Å²) in [5.74, 6) is -0.0117. The number of nitrogens with zero attached hydrogens (tertiary/aromatic N) is 2. The Morgan fingerprint density at radius 3 is 2.70 bits per heavy atom. The van der Waals surface area contributed by atoms with Gasteiger partial charge >= 0.3 is 0 Å². The standard InChI is InChI=1S/C15H20N2O2S/c1-10-6-5-7-12(8-10)15-17(9-13(18)16(3)4)14(19)11(2)20-15/h5-8,11,15H,9H2,1-4H3. The number of benzene rings is 1. The van der Waals surface area contributed by atoms with E-state index in [1.54, 1.807) is 30.8 Å². The third-order valence-electron chi connectivity index (χ3n) is 3.38. The molecule has 2 amide bonds. The largest absolute Gasteiger partial charge is 0.347 e. The summed E-state index contributed by atoms with van der Waals surface area (Å²) in [6.45, 7) is 4.07. The first kappa shape index (κ1) is 14.9. The maximum absolute atomic E-state index is 12.3. The molecule has 2 atom stereocenters. The van der Waals surface area contributed by atoms with Crippen molar-refractivity contribution in [3.8, 4) is 0 Å². The van der Waals surface area contributed by atoms with Gasteiger partial charge in [-0.15, -0.1) is 11.8 Å². The number of amides is 2. The van der Waals surface area contributed by atoms with Crippen molar-refractivity contribution in [3.05, 3.63) is 35.4 Å². The summed E-state index contributed by atoms with van der Waals surface area (Å²) in [5.41, 5.74) is 2.24. The molecule has 0 aromatic heterocycles. The summed E-state index contributed by atoms with van der Waals surface area (Å²) in [6, 6.07) is 8.12. The van der Waals surface area contributed by atoms with Gasteiger partial charge in [0.15, 0.2) is 0 Å². The van der Waals surface area contributed by atoms with E-state index in [1.165, 1.54) is 4.90 Å². The van der Waals surface area contributed by atoms with Gasteiger partial charge in [0.05, 0.1) is 5.25 Å². The van der Waals surface area contributed by atoms with Crippen LogP contribution in [0.25, 0.3) is 0 Å². The first-order valence-electron chi connectivity index (χ1n) is 6.63. The second-order valence-corrected chi connectivity index (χ2v) is 6.72. The van der Waals surface area contributed by atoms with E-state index in [4.69, 9.17) is 0 Å². The van der Waals surface area contributed by atoms with Crippen molar-refractivity contribution >= 4 is 23.6 Å². The Morgan fingerprint density at radius 1 is 1.40 bits per heavy atom. The van der Waals surface area contributed by atoms with Crippen molar-refractivity contribution in [2.24, 2.45) is 0 Å². The molecule has 4 nitrogen and oxygen atoms in total. The Morgan fingerprint density at radius 2 is 2.10 bits per heavy atom. The molecule has 108 valence electrons. The SMILES string of the molecule is Cc1cccc(C2SC(C)C(=O)N2CC(=O)N(C)C)c1. The first-order chi connectivity index (χ1) is 9.40. The van der Waals surface area contributed by atoms with E-state index >= 15 is 0 Å². The second kappa shape index (κ2) is 5.87. The molecule has 1 fully saturated rings. The zero-order valence-electron chi connectivity index (χ0n) is 12.3. The molecule has 1 aliphatic rings. The van der Waals surface area contributed by atoms with Gasteiger partial charge in [-0.05, 0) is 19.4 Å². The number of hydrogen-bond donors (Lipinski definition) is 0. The van der Waals surface area contributed by atoms with E-state index in [0.717, 1.165) is 11.1 Å². The Labute approximate surface area is 124 Å². The van der Waals surface area contributed by atoms with Gasteiger partial charge in [0.1, 0.15) is 11.9 Å². The molecule has 0 aliphatic carbocycles. The highest BCUT2D eigenvalue weighted by Crippen LogP contribution is 2.42. The van der Waals surface area contributed by atoms with Gasteiger partial charge in [0, 0.05) is 14.1 Å². The van der Waals surface area contributed by atoms with E-state index in [0.29, 0.717) is 0 Å². The third kappa shape index (κ3) is 2.98. The number of rotatable bonds is 3. The molecule has 2 unspecified atom stereocenters. The number of carbonyl (C=O) groups excluding carboxylic acids is 2. The molecule has 2 rings (SSSR count). The average Bonchev–Trinajstić information content (AvgIpc) is 2.67. The molecule has 0 spiro atoms. The fourth-order valence-corrected chi connectivity index (χ4v) is 3.47. The fourth-order valence-electron chi connectivity index (χ4n) is 2.20. The molecule has 1 aromatic rings. The van der Waals surface area contributed by atoms with Gasteiger partial charge in [-0.1, -0.05) is 29.8 Å². The van der Waals surface area contributed by atoms with Crippen LogP contribution in [0.15, 0.2) is 24.3 Å². The number of carbonyl (C=O) groups is 2. The minimum atomic E-state index is -0.101. The Balaban J connectivity index is 2.26. The van der Waals surface area contributed by atoms with Crippen molar-refractivity contribution in [1.82, 2.24) is 9.80 Å². The summed E-state index contributed by atoms with van der Waals surface area (Å²) in [4.78, 5) is 27.4. The lowest BCUT2D eigenvalue weighted by Crippen LogP contribution is -2.39. The lowest BCUT2D eigenvalue weighted by molar-refractivity contribution is -0.138. The van der Waals surface area contributed by atoms with E-state index < -0.39 is 0 Å². The van der Waals surface area contributed by atoms with Crippen LogP contribution in [-0.4, -0.2) is 47.5 Å². The molecule has 0 bridgehead atoms. The van der Waals surface area contributed by atoms with E-state index in [-0.39, 0.29) is 29.0 Å². The van der Waals surface area contributed by atoms with E-state index in [2.05, 4.69) is 6.07 Å². The lowest BCUT2D eigenvalue weighted by Gasteiger charge is -2.25. The quantitative estimate of drug-likeness (QED) is 0.856. The molecule has 0 saturated carbocycles. The average molecular weight is 292 g/mol. The third-order valence-corrected chi connectivity index (χ3v) is 4.77.